The van der Waals surface area contributed by atoms with Gasteiger partial charge in [0.2, 0.25) is 0 Å². The fourth-order valence-electron chi connectivity index (χ4n) is 4.81. The SMILES string of the molecule is CCC(C)C1CCC(C(=O)CN2CCC(O)C2)C1(C)CC. The lowest BCUT2D eigenvalue weighted by atomic mass is 9.66. The molecule has 1 aliphatic carbocycles. The fourth-order valence-corrected chi connectivity index (χ4v) is 4.81. The molecule has 2 aliphatic rings. The summed E-state index contributed by atoms with van der Waals surface area (Å²) in [6.07, 6.45) is 5.16. The van der Waals surface area contributed by atoms with Gasteiger partial charge < -0.3 is 5.11 Å². The number of carbonyl (C=O) groups excluding carboxylic acids is 1. The van der Waals surface area contributed by atoms with Gasteiger partial charge in [-0.2, -0.15) is 0 Å². The first-order chi connectivity index (χ1) is 9.92. The molecular weight excluding hydrogens is 262 g/mol. The van der Waals surface area contributed by atoms with Crippen molar-refractivity contribution in [1.82, 2.24) is 4.90 Å². The summed E-state index contributed by atoms with van der Waals surface area (Å²) in [7, 11) is 0. The molecule has 3 nitrogen and oxygen atoms in total. The molecule has 122 valence electrons. The molecule has 0 aromatic rings. The number of likely N-dealkylation sites (tertiary alicyclic amines) is 1. The topological polar surface area (TPSA) is 40.5 Å². The first-order valence-corrected chi connectivity index (χ1v) is 8.85. The van der Waals surface area contributed by atoms with Gasteiger partial charge in [0.05, 0.1) is 12.6 Å². The van der Waals surface area contributed by atoms with Gasteiger partial charge >= 0.3 is 0 Å². The molecule has 0 aromatic carbocycles. The van der Waals surface area contributed by atoms with Crippen molar-refractivity contribution in [3.63, 3.8) is 0 Å². The van der Waals surface area contributed by atoms with Crippen molar-refractivity contribution in [3.8, 4) is 0 Å². The number of rotatable bonds is 6. The maximum Gasteiger partial charge on any atom is 0.150 e. The summed E-state index contributed by atoms with van der Waals surface area (Å²) in [5.74, 6) is 2.03. The second-order valence-electron chi connectivity index (χ2n) is 7.63. The molecular formula is C18H33NO2. The van der Waals surface area contributed by atoms with E-state index in [0.717, 1.165) is 25.8 Å². The minimum Gasteiger partial charge on any atom is -0.392 e. The molecule has 1 N–H and O–H groups in total. The summed E-state index contributed by atoms with van der Waals surface area (Å²) in [6.45, 7) is 11.3. The lowest BCUT2D eigenvalue weighted by Gasteiger charge is -2.39. The smallest absolute Gasteiger partial charge is 0.150 e. The zero-order valence-electron chi connectivity index (χ0n) is 14.3. The van der Waals surface area contributed by atoms with Crippen LogP contribution in [0.2, 0.25) is 0 Å². The predicted octanol–water partition coefficient (Wildman–Crippen LogP) is 3.11. The van der Waals surface area contributed by atoms with Crippen LogP contribution in [-0.4, -0.2) is 41.5 Å². The van der Waals surface area contributed by atoms with Crippen molar-refractivity contribution in [3.05, 3.63) is 0 Å². The van der Waals surface area contributed by atoms with E-state index in [1.807, 2.05) is 0 Å². The van der Waals surface area contributed by atoms with E-state index < -0.39 is 0 Å². The van der Waals surface area contributed by atoms with Gasteiger partial charge in [-0.15, -0.1) is 0 Å². The molecule has 0 aromatic heterocycles. The number of ketones is 1. The second kappa shape index (κ2) is 6.78. The summed E-state index contributed by atoms with van der Waals surface area (Å²) in [5, 5.41) is 9.62. The van der Waals surface area contributed by atoms with Crippen LogP contribution in [0.1, 0.15) is 59.8 Å². The van der Waals surface area contributed by atoms with Crippen LogP contribution in [0.5, 0.6) is 0 Å². The minimum absolute atomic E-state index is 0.171. The number of β-amino-alcohol motifs (C(OH)–C–C–N with tert-alkyl or cyclic N) is 1. The molecule has 1 saturated carbocycles. The Kier molecular flexibility index (Phi) is 5.48. The van der Waals surface area contributed by atoms with Gasteiger partial charge in [-0.25, -0.2) is 0 Å². The molecule has 5 atom stereocenters. The van der Waals surface area contributed by atoms with E-state index in [1.165, 1.54) is 12.8 Å². The Morgan fingerprint density at radius 2 is 2.05 bits per heavy atom. The Labute approximate surface area is 130 Å². The van der Waals surface area contributed by atoms with Crippen molar-refractivity contribution < 1.29 is 9.90 Å². The monoisotopic (exact) mass is 295 g/mol. The Balaban J connectivity index is 2.03. The van der Waals surface area contributed by atoms with Crippen LogP contribution in [0.3, 0.4) is 0 Å². The quantitative estimate of drug-likeness (QED) is 0.818. The molecule has 5 unspecified atom stereocenters. The normalized spacial score (nSPS) is 38.8. The molecule has 0 spiro atoms. The van der Waals surface area contributed by atoms with Gasteiger partial charge in [0.15, 0.2) is 0 Å². The van der Waals surface area contributed by atoms with Crippen LogP contribution in [0.25, 0.3) is 0 Å². The van der Waals surface area contributed by atoms with Crippen molar-refractivity contribution in [2.45, 2.75) is 65.9 Å². The molecule has 1 saturated heterocycles. The van der Waals surface area contributed by atoms with E-state index in [9.17, 15) is 9.90 Å². The molecule has 1 aliphatic heterocycles. The van der Waals surface area contributed by atoms with Crippen LogP contribution in [0.4, 0.5) is 0 Å². The van der Waals surface area contributed by atoms with E-state index >= 15 is 0 Å². The zero-order valence-corrected chi connectivity index (χ0v) is 14.3. The van der Waals surface area contributed by atoms with Gasteiger partial charge in [0, 0.05) is 19.0 Å². The van der Waals surface area contributed by atoms with Crippen molar-refractivity contribution in [1.29, 1.82) is 0 Å². The highest BCUT2D eigenvalue weighted by molar-refractivity contribution is 5.84. The van der Waals surface area contributed by atoms with Crippen molar-refractivity contribution >= 4 is 5.78 Å². The fraction of sp³-hybridized carbons (Fsp3) is 0.944. The van der Waals surface area contributed by atoms with Crippen molar-refractivity contribution in [2.24, 2.45) is 23.2 Å². The molecule has 3 heteroatoms. The van der Waals surface area contributed by atoms with Crippen LogP contribution in [-0.2, 0) is 4.79 Å². The summed E-state index contributed by atoms with van der Waals surface area (Å²) in [6, 6.07) is 0. The number of carbonyl (C=O) groups is 1. The molecule has 0 amide bonds. The average molecular weight is 295 g/mol. The summed E-state index contributed by atoms with van der Waals surface area (Å²) < 4.78 is 0. The van der Waals surface area contributed by atoms with E-state index in [1.54, 1.807) is 0 Å². The predicted molar refractivity (Wildman–Crippen MR) is 86.1 cm³/mol. The highest BCUT2D eigenvalue weighted by Crippen LogP contribution is 2.53. The number of hydrogen-bond donors (Lipinski definition) is 1. The van der Waals surface area contributed by atoms with Crippen LogP contribution < -0.4 is 0 Å². The van der Waals surface area contributed by atoms with Gasteiger partial charge in [0.1, 0.15) is 5.78 Å². The summed E-state index contributed by atoms with van der Waals surface area (Å²) in [5.41, 5.74) is 0.171. The molecule has 2 rings (SSSR count). The Morgan fingerprint density at radius 3 is 2.57 bits per heavy atom. The van der Waals surface area contributed by atoms with E-state index in [2.05, 4.69) is 32.6 Å². The standard InChI is InChI=1S/C18H33NO2/c1-5-13(3)15-7-8-16(18(15,4)6-2)17(21)12-19-10-9-14(20)11-19/h13-16,20H,5-12H2,1-4H3. The lowest BCUT2D eigenvalue weighted by Crippen LogP contribution is -2.40. The van der Waals surface area contributed by atoms with Gasteiger partial charge in [0.25, 0.3) is 0 Å². The van der Waals surface area contributed by atoms with E-state index in [-0.39, 0.29) is 17.4 Å². The Hall–Kier alpha value is -0.410. The minimum atomic E-state index is -0.230. The van der Waals surface area contributed by atoms with Crippen LogP contribution in [0, 0.1) is 23.2 Å². The van der Waals surface area contributed by atoms with Gasteiger partial charge in [-0.05, 0) is 42.9 Å². The first-order valence-electron chi connectivity index (χ1n) is 8.85. The summed E-state index contributed by atoms with van der Waals surface area (Å²) in [4.78, 5) is 15.0. The highest BCUT2D eigenvalue weighted by atomic mass is 16.3. The number of hydrogen-bond acceptors (Lipinski definition) is 3. The molecule has 1 heterocycles. The molecule has 21 heavy (non-hydrogen) atoms. The number of nitrogens with zero attached hydrogens (tertiary/aromatic N) is 1. The molecule has 2 fully saturated rings. The molecule has 0 bridgehead atoms. The highest BCUT2D eigenvalue weighted by Gasteiger charge is 2.49. The second-order valence-corrected chi connectivity index (χ2v) is 7.63. The van der Waals surface area contributed by atoms with Gasteiger partial charge in [-0.3, -0.25) is 9.69 Å². The Morgan fingerprint density at radius 1 is 1.33 bits per heavy atom. The third-order valence-corrected chi connectivity index (χ3v) is 6.52. The third-order valence-electron chi connectivity index (χ3n) is 6.52. The lowest BCUT2D eigenvalue weighted by molar-refractivity contribution is -0.127. The first kappa shape index (κ1) is 17.0. The number of aliphatic hydroxyl groups excluding tert-OH is 1. The summed E-state index contributed by atoms with van der Waals surface area (Å²) >= 11 is 0. The maximum atomic E-state index is 12.8. The molecule has 0 radical (unpaired) electrons. The number of Topliss-reactive ketones (excluding diaryl/α,β-unsaturated/α-hetero) is 1. The zero-order chi connectivity index (χ0) is 15.6. The van der Waals surface area contributed by atoms with E-state index in [4.69, 9.17) is 0 Å². The van der Waals surface area contributed by atoms with Gasteiger partial charge in [-0.1, -0.05) is 34.1 Å². The maximum absolute atomic E-state index is 12.8. The van der Waals surface area contributed by atoms with Crippen molar-refractivity contribution in [2.75, 3.05) is 19.6 Å². The number of aliphatic hydroxyl groups is 1. The third kappa shape index (κ3) is 3.34. The average Bonchev–Trinajstić information content (AvgIpc) is 3.02. The largest absolute Gasteiger partial charge is 0.392 e. The Bertz CT molecular complexity index is 370. The van der Waals surface area contributed by atoms with Crippen LogP contribution in [0.15, 0.2) is 0 Å². The van der Waals surface area contributed by atoms with Crippen LogP contribution >= 0.6 is 0 Å². The van der Waals surface area contributed by atoms with E-state index in [0.29, 0.717) is 30.7 Å².